The van der Waals surface area contributed by atoms with Crippen molar-refractivity contribution in [3.05, 3.63) is 52.9 Å². The molecule has 2 aromatic rings. The van der Waals surface area contributed by atoms with Gasteiger partial charge in [-0.25, -0.2) is 26.3 Å². The Morgan fingerprint density at radius 2 is 2.03 bits per heavy atom. The first-order chi connectivity index (χ1) is 14.0. The summed E-state index contributed by atoms with van der Waals surface area (Å²) in [6.45, 7) is 1.96. The lowest BCUT2D eigenvalue weighted by atomic mass is 10.1. The number of carbonyl (C=O) groups is 2. The molecule has 1 aromatic heterocycles. The van der Waals surface area contributed by atoms with E-state index in [1.807, 2.05) is 0 Å². The number of amides is 3. The Morgan fingerprint density at radius 3 is 2.67 bits per heavy atom. The lowest BCUT2D eigenvalue weighted by Gasteiger charge is -2.29. The van der Waals surface area contributed by atoms with Crippen molar-refractivity contribution in [1.29, 1.82) is 5.26 Å². The van der Waals surface area contributed by atoms with Gasteiger partial charge in [0.05, 0.1) is 23.0 Å². The van der Waals surface area contributed by atoms with E-state index in [2.05, 4.69) is 15.6 Å². The fourth-order valence-electron chi connectivity index (χ4n) is 2.95. The normalized spacial score (nSPS) is 15.6. The predicted octanol–water partition coefficient (Wildman–Crippen LogP) is 1.95. The van der Waals surface area contributed by atoms with E-state index in [0.29, 0.717) is 5.56 Å². The molecule has 12 heteroatoms. The van der Waals surface area contributed by atoms with Gasteiger partial charge < -0.3 is 10.6 Å². The van der Waals surface area contributed by atoms with Crippen LogP contribution in [0.25, 0.3) is 0 Å². The lowest BCUT2D eigenvalue weighted by molar-refractivity contribution is -0.121. The van der Waals surface area contributed by atoms with Crippen LogP contribution in [0.1, 0.15) is 29.8 Å². The molecule has 0 bridgehead atoms. The zero-order valence-electron chi connectivity index (χ0n) is 15.7. The monoisotopic (exact) mass is 435 g/mol. The molecule has 3 amide bonds. The molecule has 30 heavy (non-hydrogen) atoms. The van der Waals surface area contributed by atoms with Gasteiger partial charge in [0.25, 0.3) is 10.0 Å². The zero-order chi connectivity index (χ0) is 22.2. The van der Waals surface area contributed by atoms with Crippen molar-refractivity contribution in [1.82, 2.24) is 14.6 Å². The Hall–Kier alpha value is -3.59. The third kappa shape index (κ3) is 3.79. The maximum atomic E-state index is 14.3. The zero-order valence-corrected chi connectivity index (χ0v) is 16.5. The number of rotatable bonds is 4. The number of benzene rings is 1. The molecule has 9 nitrogen and oxygen atoms in total. The molecule has 1 aliphatic heterocycles. The summed E-state index contributed by atoms with van der Waals surface area (Å²) >= 11 is 0. The van der Waals surface area contributed by atoms with E-state index in [1.165, 1.54) is 19.9 Å². The molecule has 0 spiro atoms. The van der Waals surface area contributed by atoms with Crippen LogP contribution in [0.3, 0.4) is 0 Å². The van der Waals surface area contributed by atoms with Crippen LogP contribution < -0.4 is 10.6 Å². The van der Waals surface area contributed by atoms with E-state index >= 15 is 0 Å². The summed E-state index contributed by atoms with van der Waals surface area (Å²) in [5, 5.41) is 13.3. The van der Waals surface area contributed by atoms with Crippen molar-refractivity contribution in [2.45, 2.75) is 24.8 Å². The molecule has 2 heterocycles. The quantitative estimate of drug-likeness (QED) is 0.754. The summed E-state index contributed by atoms with van der Waals surface area (Å²) in [4.78, 5) is 27.6. The number of halogens is 2. The minimum Gasteiger partial charge on any atom is -0.346 e. The fourth-order valence-corrected chi connectivity index (χ4v) is 4.42. The third-order valence-corrected chi connectivity index (χ3v) is 6.08. The summed E-state index contributed by atoms with van der Waals surface area (Å²) in [6, 6.07) is 2.83. The molecule has 1 aromatic carbocycles. The van der Waals surface area contributed by atoms with E-state index in [9.17, 15) is 26.8 Å². The molecule has 0 aliphatic carbocycles. The van der Waals surface area contributed by atoms with Gasteiger partial charge in [-0.2, -0.15) is 5.26 Å². The second kappa shape index (κ2) is 7.68. The van der Waals surface area contributed by atoms with Crippen LogP contribution in [-0.4, -0.2) is 36.2 Å². The SMILES string of the molecule is Cc1cc(F)c2c(c1)NC(=O)N(CC(=O)N[C@H](C)c1ncc(C#N)cc1F)S2(=O)=O. The van der Waals surface area contributed by atoms with Gasteiger partial charge in [0, 0.05) is 6.20 Å². The molecule has 0 saturated carbocycles. The second-order valence-corrected chi connectivity index (χ2v) is 8.36. The number of nitrogens with one attached hydrogen (secondary N) is 2. The summed E-state index contributed by atoms with van der Waals surface area (Å²) in [5.41, 5.74) is -0.00737. The van der Waals surface area contributed by atoms with Crippen LogP contribution in [-0.2, 0) is 14.8 Å². The van der Waals surface area contributed by atoms with Crippen molar-refractivity contribution in [2.75, 3.05) is 11.9 Å². The fraction of sp³-hybridized carbons (Fsp3) is 0.222. The van der Waals surface area contributed by atoms with Gasteiger partial charge in [-0.3, -0.25) is 9.78 Å². The van der Waals surface area contributed by atoms with Crippen LogP contribution in [0.15, 0.2) is 29.3 Å². The first-order valence-corrected chi connectivity index (χ1v) is 9.97. The maximum Gasteiger partial charge on any atom is 0.336 e. The molecule has 3 rings (SSSR count). The van der Waals surface area contributed by atoms with Crippen LogP contribution in [0, 0.1) is 29.9 Å². The molecule has 156 valence electrons. The van der Waals surface area contributed by atoms with Crippen LogP contribution in [0.4, 0.5) is 19.3 Å². The van der Waals surface area contributed by atoms with Gasteiger partial charge in [0.2, 0.25) is 5.91 Å². The van der Waals surface area contributed by atoms with Crippen molar-refractivity contribution in [3.8, 4) is 6.07 Å². The highest BCUT2D eigenvalue weighted by molar-refractivity contribution is 7.90. The number of nitrogens with zero attached hydrogens (tertiary/aromatic N) is 3. The molecule has 0 unspecified atom stereocenters. The highest BCUT2D eigenvalue weighted by Gasteiger charge is 2.40. The number of anilines is 1. The largest absolute Gasteiger partial charge is 0.346 e. The van der Waals surface area contributed by atoms with Gasteiger partial charge >= 0.3 is 6.03 Å². The Labute approximate surface area is 170 Å². The van der Waals surface area contributed by atoms with Gasteiger partial charge in [-0.05, 0) is 37.6 Å². The number of hydrogen-bond acceptors (Lipinski definition) is 6. The Bertz CT molecular complexity index is 1210. The second-order valence-electron chi connectivity index (χ2n) is 6.56. The van der Waals surface area contributed by atoms with Gasteiger partial charge in [0.15, 0.2) is 0 Å². The highest BCUT2D eigenvalue weighted by atomic mass is 32.2. The number of aryl methyl sites for hydroxylation is 1. The average Bonchev–Trinajstić information content (AvgIpc) is 2.63. The van der Waals surface area contributed by atoms with Crippen LogP contribution >= 0.6 is 0 Å². The van der Waals surface area contributed by atoms with Gasteiger partial charge in [-0.15, -0.1) is 0 Å². The summed E-state index contributed by atoms with van der Waals surface area (Å²) in [6.07, 6.45) is 1.12. The summed E-state index contributed by atoms with van der Waals surface area (Å²) in [5.74, 6) is -2.84. The Morgan fingerprint density at radius 1 is 1.33 bits per heavy atom. The van der Waals surface area contributed by atoms with Crippen molar-refractivity contribution >= 4 is 27.6 Å². The molecular formula is C18H15F2N5O4S. The predicted molar refractivity (Wildman–Crippen MR) is 99.5 cm³/mol. The van der Waals surface area contributed by atoms with Crippen LogP contribution in [0.5, 0.6) is 0 Å². The Kier molecular flexibility index (Phi) is 5.41. The maximum absolute atomic E-state index is 14.3. The number of sulfonamides is 1. The molecule has 1 aliphatic rings. The number of urea groups is 1. The summed E-state index contributed by atoms with van der Waals surface area (Å²) in [7, 11) is -4.63. The van der Waals surface area contributed by atoms with E-state index in [0.717, 1.165) is 18.3 Å². The highest BCUT2D eigenvalue weighted by Crippen LogP contribution is 2.33. The minimum atomic E-state index is -4.63. The smallest absolute Gasteiger partial charge is 0.336 e. The number of pyridine rings is 1. The topological polar surface area (TPSA) is 132 Å². The van der Waals surface area contributed by atoms with Gasteiger partial charge in [-0.1, -0.05) is 0 Å². The van der Waals surface area contributed by atoms with E-state index in [4.69, 9.17) is 5.26 Å². The molecule has 0 saturated heterocycles. The average molecular weight is 435 g/mol. The molecule has 0 fully saturated rings. The van der Waals surface area contributed by atoms with E-state index < -0.39 is 51.1 Å². The van der Waals surface area contributed by atoms with Gasteiger partial charge in [0.1, 0.15) is 29.1 Å². The van der Waals surface area contributed by atoms with E-state index in [-0.39, 0.29) is 21.2 Å². The summed E-state index contributed by atoms with van der Waals surface area (Å²) < 4.78 is 53.9. The van der Waals surface area contributed by atoms with Crippen molar-refractivity contribution < 1.29 is 26.8 Å². The third-order valence-electron chi connectivity index (χ3n) is 4.28. The first-order valence-electron chi connectivity index (χ1n) is 8.53. The van der Waals surface area contributed by atoms with Crippen LogP contribution in [0.2, 0.25) is 0 Å². The molecule has 2 N–H and O–H groups in total. The standard InChI is InChI=1S/C18H15F2N5O4S/c1-9-3-13(20)17-14(4-9)24-18(27)25(30(17,28)29)8-15(26)23-10(2)16-12(19)5-11(6-21)7-22-16/h3-5,7,10H,8H2,1-2H3,(H,23,26)(H,24,27)/t10-/m1/s1. The Balaban J connectivity index is 1.81. The number of nitriles is 1. The van der Waals surface area contributed by atoms with Crippen molar-refractivity contribution in [3.63, 3.8) is 0 Å². The molecule has 1 atom stereocenters. The van der Waals surface area contributed by atoms with Crippen molar-refractivity contribution in [2.24, 2.45) is 0 Å². The number of hydrogen-bond donors (Lipinski definition) is 2. The number of aromatic nitrogens is 1. The van der Waals surface area contributed by atoms with E-state index in [1.54, 1.807) is 6.07 Å². The number of carbonyl (C=O) groups excluding carboxylic acids is 2. The lowest BCUT2D eigenvalue weighted by Crippen LogP contribution is -2.49. The number of fused-ring (bicyclic) bond motifs is 1. The first kappa shape index (κ1) is 21.1. The molecule has 0 radical (unpaired) electrons. The molecular weight excluding hydrogens is 420 g/mol. The minimum absolute atomic E-state index is 0.0122.